The Labute approximate surface area is 66.0 Å². The number of halogens is 1. The van der Waals surface area contributed by atoms with Gasteiger partial charge in [0.25, 0.3) is 0 Å². The third kappa shape index (κ3) is 1.05. The van der Waals surface area contributed by atoms with Gasteiger partial charge in [-0.05, 0) is 18.8 Å². The summed E-state index contributed by atoms with van der Waals surface area (Å²) in [6, 6.07) is 0. The molecule has 2 nitrogen and oxygen atoms in total. The van der Waals surface area contributed by atoms with Crippen molar-refractivity contribution in [1.29, 1.82) is 0 Å². The summed E-state index contributed by atoms with van der Waals surface area (Å²) >= 11 is 0. The molecular formula is C6H11ClO2S. The normalized spacial score (nSPS) is 23.2. The molecule has 0 aromatic carbocycles. The number of hydrogen-bond acceptors (Lipinski definition) is 2. The lowest BCUT2D eigenvalue weighted by Crippen LogP contribution is -2.24. The van der Waals surface area contributed by atoms with Gasteiger partial charge in [0.1, 0.15) is 0 Å². The van der Waals surface area contributed by atoms with Crippen LogP contribution in [0.25, 0.3) is 0 Å². The molecule has 4 heteroatoms. The molecule has 0 aliphatic heterocycles. The van der Waals surface area contributed by atoms with E-state index in [1.807, 2.05) is 13.8 Å². The van der Waals surface area contributed by atoms with Crippen LogP contribution in [-0.2, 0) is 9.05 Å². The van der Waals surface area contributed by atoms with E-state index < -0.39 is 13.8 Å². The molecule has 10 heavy (non-hydrogen) atoms. The van der Waals surface area contributed by atoms with Crippen LogP contribution in [0, 0.1) is 5.92 Å². The average molecular weight is 183 g/mol. The van der Waals surface area contributed by atoms with Gasteiger partial charge >= 0.3 is 0 Å². The molecule has 0 N–H and O–H groups in total. The summed E-state index contributed by atoms with van der Waals surface area (Å²) in [5.74, 6) is 0.148. The Hall–Kier alpha value is 0.240. The van der Waals surface area contributed by atoms with Crippen LogP contribution in [0.1, 0.15) is 26.7 Å². The first-order chi connectivity index (χ1) is 4.40. The Morgan fingerprint density at radius 1 is 1.40 bits per heavy atom. The molecule has 1 aliphatic carbocycles. The van der Waals surface area contributed by atoms with Crippen LogP contribution in [0.15, 0.2) is 0 Å². The highest BCUT2D eigenvalue weighted by Gasteiger charge is 2.55. The molecule has 1 fully saturated rings. The summed E-state index contributed by atoms with van der Waals surface area (Å²) in [6.07, 6.45) is 1.47. The minimum atomic E-state index is -3.32. The first-order valence-corrected chi connectivity index (χ1v) is 5.65. The lowest BCUT2D eigenvalue weighted by Gasteiger charge is -2.14. The third-order valence-electron chi connectivity index (χ3n) is 2.28. The second-order valence-corrected chi connectivity index (χ2v) is 6.06. The average Bonchev–Trinajstić information content (AvgIpc) is 2.36. The summed E-state index contributed by atoms with van der Waals surface area (Å²) in [5.41, 5.74) is 0. The van der Waals surface area contributed by atoms with Gasteiger partial charge in [-0.15, -0.1) is 0 Å². The van der Waals surface area contributed by atoms with E-state index >= 15 is 0 Å². The van der Waals surface area contributed by atoms with Crippen LogP contribution >= 0.6 is 10.7 Å². The maximum Gasteiger partial charge on any atom is 0.238 e. The summed E-state index contributed by atoms with van der Waals surface area (Å²) in [6.45, 7) is 3.79. The Balaban J connectivity index is 2.91. The first-order valence-electron chi connectivity index (χ1n) is 3.34. The van der Waals surface area contributed by atoms with E-state index in [0.29, 0.717) is 0 Å². The zero-order valence-corrected chi connectivity index (χ0v) is 7.67. The van der Waals surface area contributed by atoms with Crippen molar-refractivity contribution < 1.29 is 8.42 Å². The topological polar surface area (TPSA) is 34.1 Å². The second-order valence-electron chi connectivity index (χ2n) is 3.16. The molecule has 0 aromatic heterocycles. The van der Waals surface area contributed by atoms with E-state index in [1.54, 1.807) is 0 Å². The molecule has 0 spiro atoms. The zero-order chi connectivity index (χ0) is 7.99. The van der Waals surface area contributed by atoms with Crippen molar-refractivity contribution in [3.63, 3.8) is 0 Å². The monoisotopic (exact) mass is 182 g/mol. The summed E-state index contributed by atoms with van der Waals surface area (Å²) < 4.78 is 21.3. The fraction of sp³-hybridized carbons (Fsp3) is 1.00. The molecule has 0 amide bonds. The van der Waals surface area contributed by atoms with Crippen molar-refractivity contribution in [2.45, 2.75) is 31.4 Å². The quantitative estimate of drug-likeness (QED) is 0.610. The van der Waals surface area contributed by atoms with Gasteiger partial charge < -0.3 is 0 Å². The predicted molar refractivity (Wildman–Crippen MR) is 41.6 cm³/mol. The van der Waals surface area contributed by atoms with Gasteiger partial charge in [0, 0.05) is 10.7 Å². The molecule has 0 unspecified atom stereocenters. The molecule has 1 aliphatic rings. The molecule has 0 bridgehead atoms. The van der Waals surface area contributed by atoms with Gasteiger partial charge in [0.05, 0.1) is 4.75 Å². The van der Waals surface area contributed by atoms with E-state index in [2.05, 4.69) is 0 Å². The number of rotatable bonds is 2. The van der Waals surface area contributed by atoms with Crippen molar-refractivity contribution >= 4 is 19.7 Å². The highest BCUT2D eigenvalue weighted by molar-refractivity contribution is 8.15. The summed E-state index contributed by atoms with van der Waals surface area (Å²) in [4.78, 5) is 0. The lowest BCUT2D eigenvalue weighted by molar-refractivity contribution is 0.535. The molecule has 60 valence electrons. The van der Waals surface area contributed by atoms with Crippen LogP contribution in [0.5, 0.6) is 0 Å². The Bertz CT molecular complexity index is 226. The largest absolute Gasteiger partial charge is 0.238 e. The highest BCUT2D eigenvalue weighted by Crippen LogP contribution is 2.50. The Kier molecular flexibility index (Phi) is 1.76. The standard InChI is InChI=1S/C6H11ClO2S/c1-5(2)6(3-4-6)10(7,8)9/h5H,3-4H2,1-2H3. The minimum Gasteiger partial charge on any atom is -0.212 e. The van der Waals surface area contributed by atoms with Crippen molar-refractivity contribution in [2.75, 3.05) is 0 Å². The van der Waals surface area contributed by atoms with Gasteiger partial charge in [0.2, 0.25) is 9.05 Å². The first kappa shape index (κ1) is 8.34. The molecule has 0 heterocycles. The van der Waals surface area contributed by atoms with Crippen molar-refractivity contribution in [3.8, 4) is 0 Å². The van der Waals surface area contributed by atoms with Gasteiger partial charge in [-0.2, -0.15) is 0 Å². The van der Waals surface area contributed by atoms with Gasteiger partial charge in [-0.3, -0.25) is 0 Å². The Morgan fingerprint density at radius 2 is 1.80 bits per heavy atom. The number of hydrogen-bond donors (Lipinski definition) is 0. The minimum absolute atomic E-state index is 0.148. The van der Waals surface area contributed by atoms with Crippen LogP contribution in [0.2, 0.25) is 0 Å². The molecule has 0 saturated heterocycles. The Morgan fingerprint density at radius 3 is 1.80 bits per heavy atom. The fourth-order valence-corrected chi connectivity index (χ4v) is 3.38. The molecular weight excluding hydrogens is 172 g/mol. The van der Waals surface area contributed by atoms with E-state index in [0.717, 1.165) is 12.8 Å². The van der Waals surface area contributed by atoms with Crippen LogP contribution in [0.4, 0.5) is 0 Å². The van der Waals surface area contributed by atoms with Gasteiger partial charge in [-0.1, -0.05) is 13.8 Å². The smallest absolute Gasteiger partial charge is 0.212 e. The maximum absolute atomic E-state index is 10.9. The SMILES string of the molecule is CC(C)C1(S(=O)(=O)Cl)CC1. The second kappa shape index (κ2) is 2.11. The highest BCUT2D eigenvalue weighted by atomic mass is 35.7. The van der Waals surface area contributed by atoms with E-state index in [1.165, 1.54) is 0 Å². The molecule has 0 aromatic rings. The van der Waals surface area contributed by atoms with Crippen LogP contribution in [0.3, 0.4) is 0 Å². The molecule has 1 saturated carbocycles. The van der Waals surface area contributed by atoms with Gasteiger partial charge in [0.15, 0.2) is 0 Å². The van der Waals surface area contributed by atoms with E-state index in [4.69, 9.17) is 10.7 Å². The zero-order valence-electron chi connectivity index (χ0n) is 6.09. The maximum atomic E-state index is 10.9. The molecule has 0 atom stereocenters. The third-order valence-corrected chi connectivity index (χ3v) is 5.05. The van der Waals surface area contributed by atoms with Crippen molar-refractivity contribution in [2.24, 2.45) is 5.92 Å². The van der Waals surface area contributed by atoms with E-state index in [-0.39, 0.29) is 5.92 Å². The summed E-state index contributed by atoms with van der Waals surface area (Å²) in [7, 11) is 1.94. The van der Waals surface area contributed by atoms with Crippen LogP contribution < -0.4 is 0 Å². The lowest BCUT2D eigenvalue weighted by atomic mass is 10.1. The predicted octanol–water partition coefficient (Wildman–Crippen LogP) is 1.74. The van der Waals surface area contributed by atoms with Crippen LogP contribution in [-0.4, -0.2) is 13.2 Å². The fourth-order valence-electron chi connectivity index (χ4n) is 1.23. The van der Waals surface area contributed by atoms with E-state index in [9.17, 15) is 8.42 Å². The molecule has 0 radical (unpaired) electrons. The molecule has 1 rings (SSSR count). The summed E-state index contributed by atoms with van der Waals surface area (Å²) in [5, 5.41) is 0. The van der Waals surface area contributed by atoms with Crippen molar-refractivity contribution in [1.82, 2.24) is 0 Å². The van der Waals surface area contributed by atoms with Crippen molar-refractivity contribution in [3.05, 3.63) is 0 Å². The van der Waals surface area contributed by atoms with Gasteiger partial charge in [-0.25, -0.2) is 8.42 Å².